The first kappa shape index (κ1) is 22.7. The molecular formula is C24H15Cl2F3N2O3. The molecule has 2 amide bonds. The number of nitrogens with zero attached hydrogens (tertiary/aromatic N) is 2. The van der Waals surface area contributed by atoms with Crippen LogP contribution < -0.4 is 9.96 Å². The summed E-state index contributed by atoms with van der Waals surface area (Å²) < 4.78 is 40.9. The third-order valence-electron chi connectivity index (χ3n) is 5.86. The molecule has 2 fully saturated rings. The van der Waals surface area contributed by atoms with E-state index in [4.69, 9.17) is 28.0 Å². The molecule has 3 unspecified atom stereocenters. The molecule has 5 nitrogen and oxygen atoms in total. The molecule has 2 heterocycles. The largest absolute Gasteiger partial charge is 0.418 e. The van der Waals surface area contributed by atoms with Gasteiger partial charge in [-0.25, -0.2) is 9.96 Å². The van der Waals surface area contributed by atoms with Crippen molar-refractivity contribution in [1.29, 1.82) is 0 Å². The summed E-state index contributed by atoms with van der Waals surface area (Å²) in [6, 6.07) is 17.0. The number of para-hydroxylation sites is 2. The van der Waals surface area contributed by atoms with Crippen molar-refractivity contribution < 1.29 is 27.6 Å². The monoisotopic (exact) mass is 506 g/mol. The van der Waals surface area contributed by atoms with Crippen LogP contribution in [0.15, 0.2) is 72.8 Å². The Hall–Kier alpha value is -3.07. The Morgan fingerprint density at radius 2 is 1.53 bits per heavy atom. The quantitative estimate of drug-likeness (QED) is 0.405. The van der Waals surface area contributed by atoms with Gasteiger partial charge in [-0.05, 0) is 42.0 Å². The smallest absolute Gasteiger partial charge is 0.273 e. The molecule has 3 aromatic carbocycles. The average molecular weight is 507 g/mol. The van der Waals surface area contributed by atoms with Gasteiger partial charge in [0.15, 0.2) is 6.10 Å². The molecule has 0 radical (unpaired) electrons. The van der Waals surface area contributed by atoms with Gasteiger partial charge < -0.3 is 0 Å². The van der Waals surface area contributed by atoms with E-state index in [1.165, 1.54) is 23.3 Å². The van der Waals surface area contributed by atoms with E-state index >= 15 is 0 Å². The molecule has 0 N–H and O–H groups in total. The van der Waals surface area contributed by atoms with E-state index in [1.54, 1.807) is 42.5 Å². The lowest BCUT2D eigenvalue weighted by molar-refractivity contribution is -0.137. The molecule has 5 rings (SSSR count). The van der Waals surface area contributed by atoms with Crippen LogP contribution in [0.4, 0.5) is 24.5 Å². The molecule has 0 bridgehead atoms. The fourth-order valence-corrected chi connectivity index (χ4v) is 4.94. The molecule has 0 aliphatic carbocycles. The second kappa shape index (κ2) is 8.30. The molecule has 3 atom stereocenters. The zero-order valence-corrected chi connectivity index (χ0v) is 18.7. The number of alkyl halides is 3. The molecule has 2 aliphatic rings. The van der Waals surface area contributed by atoms with E-state index in [2.05, 4.69) is 0 Å². The van der Waals surface area contributed by atoms with Crippen molar-refractivity contribution in [2.45, 2.75) is 18.3 Å². The van der Waals surface area contributed by atoms with Crippen LogP contribution in [0.3, 0.4) is 0 Å². The Morgan fingerprint density at radius 3 is 2.21 bits per heavy atom. The van der Waals surface area contributed by atoms with E-state index in [0.29, 0.717) is 21.2 Å². The number of anilines is 2. The van der Waals surface area contributed by atoms with Crippen LogP contribution in [0.5, 0.6) is 0 Å². The summed E-state index contributed by atoms with van der Waals surface area (Å²) in [7, 11) is 0. The summed E-state index contributed by atoms with van der Waals surface area (Å²) in [6.07, 6.45) is -6.09. The van der Waals surface area contributed by atoms with Gasteiger partial charge in [0.1, 0.15) is 5.92 Å². The number of benzene rings is 3. The van der Waals surface area contributed by atoms with Crippen LogP contribution >= 0.6 is 23.2 Å². The van der Waals surface area contributed by atoms with Crippen LogP contribution in [0.2, 0.25) is 10.0 Å². The van der Waals surface area contributed by atoms with E-state index in [-0.39, 0.29) is 5.02 Å². The lowest BCUT2D eigenvalue weighted by Crippen LogP contribution is -2.38. The first-order valence-electron chi connectivity index (χ1n) is 10.2. The van der Waals surface area contributed by atoms with E-state index in [9.17, 15) is 22.8 Å². The highest BCUT2D eigenvalue weighted by Crippen LogP contribution is 2.50. The summed E-state index contributed by atoms with van der Waals surface area (Å²) in [5.74, 6) is -2.81. The second-order valence-corrected chi connectivity index (χ2v) is 8.69. The number of carbonyl (C=O) groups is 2. The van der Waals surface area contributed by atoms with Crippen molar-refractivity contribution in [3.05, 3.63) is 94.0 Å². The van der Waals surface area contributed by atoms with Crippen molar-refractivity contribution in [3.63, 3.8) is 0 Å². The molecular weight excluding hydrogens is 492 g/mol. The normalized spacial score (nSPS) is 22.4. The lowest BCUT2D eigenvalue weighted by Gasteiger charge is -2.29. The highest BCUT2D eigenvalue weighted by Gasteiger charge is 2.61. The molecule has 0 spiro atoms. The number of hydrogen-bond donors (Lipinski definition) is 0. The Balaban J connectivity index is 1.63. The molecule has 34 heavy (non-hydrogen) atoms. The standard InChI is InChI=1S/C24H15Cl2F3N2O3/c25-13-10-11-15(17(26)12-13)20-19-21(34-31(20)14-6-2-1-3-7-14)23(33)30(22(19)32)18-9-5-4-8-16(18)24(27,28)29/h1-12,19-21H. The molecule has 0 aromatic heterocycles. The maximum atomic E-state index is 13.6. The van der Waals surface area contributed by atoms with Gasteiger partial charge in [-0.2, -0.15) is 13.2 Å². The number of hydroxylamine groups is 1. The number of halogens is 5. The number of rotatable bonds is 3. The van der Waals surface area contributed by atoms with Gasteiger partial charge in [-0.3, -0.25) is 14.4 Å². The average Bonchev–Trinajstić information content (AvgIpc) is 3.30. The summed E-state index contributed by atoms with van der Waals surface area (Å²) in [6.45, 7) is 0. The minimum atomic E-state index is -4.76. The van der Waals surface area contributed by atoms with Crippen molar-refractivity contribution in [2.24, 2.45) is 5.92 Å². The zero-order valence-electron chi connectivity index (χ0n) is 17.2. The van der Waals surface area contributed by atoms with E-state index in [1.807, 2.05) is 0 Å². The summed E-state index contributed by atoms with van der Waals surface area (Å²) >= 11 is 12.5. The highest BCUT2D eigenvalue weighted by atomic mass is 35.5. The first-order chi connectivity index (χ1) is 16.2. The topological polar surface area (TPSA) is 49.9 Å². The van der Waals surface area contributed by atoms with E-state index in [0.717, 1.165) is 12.1 Å². The second-order valence-electron chi connectivity index (χ2n) is 7.85. The highest BCUT2D eigenvalue weighted by molar-refractivity contribution is 6.35. The molecule has 2 saturated heterocycles. The van der Waals surface area contributed by atoms with Crippen molar-refractivity contribution >= 4 is 46.4 Å². The molecule has 2 aliphatic heterocycles. The maximum absolute atomic E-state index is 13.6. The van der Waals surface area contributed by atoms with Gasteiger partial charge in [-0.15, -0.1) is 0 Å². The van der Waals surface area contributed by atoms with Gasteiger partial charge in [0, 0.05) is 10.0 Å². The SMILES string of the molecule is O=C1C2ON(c3ccccc3)C(c3ccc(Cl)cc3Cl)C2C(=O)N1c1ccccc1C(F)(F)F. The van der Waals surface area contributed by atoms with Crippen molar-refractivity contribution in [2.75, 3.05) is 9.96 Å². The molecule has 10 heteroatoms. The number of carbonyl (C=O) groups excluding carboxylic acids is 2. The number of hydrogen-bond acceptors (Lipinski definition) is 4. The van der Waals surface area contributed by atoms with Gasteiger partial charge >= 0.3 is 6.18 Å². The van der Waals surface area contributed by atoms with Crippen LogP contribution in [-0.4, -0.2) is 17.9 Å². The van der Waals surface area contributed by atoms with Gasteiger partial charge in [0.25, 0.3) is 5.91 Å². The first-order valence-corrected chi connectivity index (χ1v) is 10.9. The van der Waals surface area contributed by atoms with Crippen molar-refractivity contribution in [1.82, 2.24) is 0 Å². The van der Waals surface area contributed by atoms with Crippen molar-refractivity contribution in [3.8, 4) is 0 Å². The third kappa shape index (κ3) is 3.62. The Kier molecular flexibility index (Phi) is 5.55. The third-order valence-corrected chi connectivity index (χ3v) is 6.42. The predicted molar refractivity (Wildman–Crippen MR) is 120 cm³/mol. The van der Waals surface area contributed by atoms with Crippen LogP contribution in [0, 0.1) is 5.92 Å². The number of imide groups is 1. The fraction of sp³-hybridized carbons (Fsp3) is 0.167. The van der Waals surface area contributed by atoms with E-state index < -0.39 is 47.3 Å². The molecule has 3 aromatic rings. The van der Waals surface area contributed by atoms with Gasteiger partial charge in [0.05, 0.1) is 23.0 Å². The summed E-state index contributed by atoms with van der Waals surface area (Å²) in [5.41, 5.74) is -0.613. The minimum Gasteiger partial charge on any atom is -0.273 e. The Bertz CT molecular complexity index is 1290. The van der Waals surface area contributed by atoms with Gasteiger partial charge in [0.2, 0.25) is 5.91 Å². The maximum Gasteiger partial charge on any atom is 0.418 e. The minimum absolute atomic E-state index is 0.233. The van der Waals surface area contributed by atoms with Crippen LogP contribution in [0.1, 0.15) is 17.2 Å². The van der Waals surface area contributed by atoms with Gasteiger partial charge in [-0.1, -0.05) is 59.6 Å². The summed E-state index contributed by atoms with van der Waals surface area (Å²) in [4.78, 5) is 33.4. The Morgan fingerprint density at radius 1 is 0.853 bits per heavy atom. The Labute approximate surface area is 202 Å². The lowest BCUT2D eigenvalue weighted by atomic mass is 9.90. The molecule has 0 saturated carbocycles. The predicted octanol–water partition coefficient (Wildman–Crippen LogP) is 6.06. The zero-order chi connectivity index (χ0) is 24.2. The summed E-state index contributed by atoms with van der Waals surface area (Å²) in [5, 5.41) is 2.01. The molecule has 174 valence electrons. The van der Waals surface area contributed by atoms with Crippen LogP contribution in [-0.2, 0) is 20.6 Å². The number of amides is 2. The fourth-order valence-electron chi connectivity index (χ4n) is 4.42. The van der Waals surface area contributed by atoms with Crippen LogP contribution in [0.25, 0.3) is 0 Å². The number of fused-ring (bicyclic) bond motifs is 1.